The highest BCUT2D eigenvalue weighted by Gasteiger charge is 2.33. The summed E-state index contributed by atoms with van der Waals surface area (Å²) in [5.74, 6) is -0.591. The van der Waals surface area contributed by atoms with Gasteiger partial charge in [-0.25, -0.2) is 9.48 Å². The topological polar surface area (TPSA) is 68.9 Å². The van der Waals surface area contributed by atoms with Crippen LogP contribution >= 0.6 is 15.9 Å². The van der Waals surface area contributed by atoms with Gasteiger partial charge in [0.05, 0.1) is 5.56 Å². The van der Waals surface area contributed by atoms with Gasteiger partial charge in [-0.2, -0.15) is 13.2 Å². The van der Waals surface area contributed by atoms with E-state index >= 15 is 0 Å². The van der Waals surface area contributed by atoms with E-state index in [0.717, 1.165) is 23.6 Å². The van der Waals surface area contributed by atoms with Crippen molar-refractivity contribution in [2.24, 2.45) is 0 Å². The molecular formula is C15H14BrF3N4O2. The number of alkyl halides is 3. The molecule has 0 bridgehead atoms. The zero-order valence-corrected chi connectivity index (χ0v) is 14.5. The predicted octanol–water partition coefficient (Wildman–Crippen LogP) is 2.48. The standard InChI is InChI=1S/C15H14BrF3N4O2/c16-13-21-22(14(25)23(13)10-5-6-10)8-12(24)20-7-9-3-1-2-4-11(9)15(17,18)19/h1-4,10H,5-8H2,(H,20,24). The first-order chi connectivity index (χ1) is 11.8. The summed E-state index contributed by atoms with van der Waals surface area (Å²) < 4.78 is 41.6. The Morgan fingerprint density at radius 2 is 2.00 bits per heavy atom. The Morgan fingerprint density at radius 3 is 2.64 bits per heavy atom. The van der Waals surface area contributed by atoms with Gasteiger partial charge in [-0.05, 0) is 40.4 Å². The molecule has 1 heterocycles. The van der Waals surface area contributed by atoms with Crippen molar-refractivity contribution < 1.29 is 18.0 Å². The van der Waals surface area contributed by atoms with Crippen molar-refractivity contribution in [2.45, 2.75) is 38.1 Å². The predicted molar refractivity (Wildman–Crippen MR) is 85.7 cm³/mol. The molecule has 0 aliphatic heterocycles. The van der Waals surface area contributed by atoms with Crippen LogP contribution in [0.5, 0.6) is 0 Å². The van der Waals surface area contributed by atoms with Crippen molar-refractivity contribution in [3.63, 3.8) is 0 Å². The Balaban J connectivity index is 1.67. The molecule has 1 amide bonds. The Hall–Kier alpha value is -2.10. The molecule has 1 aromatic carbocycles. The molecule has 1 saturated carbocycles. The number of benzene rings is 1. The fraction of sp³-hybridized carbons (Fsp3) is 0.400. The quantitative estimate of drug-likeness (QED) is 0.810. The summed E-state index contributed by atoms with van der Waals surface area (Å²) in [7, 11) is 0. The van der Waals surface area contributed by atoms with E-state index in [2.05, 4.69) is 26.3 Å². The first-order valence-electron chi connectivity index (χ1n) is 7.54. The van der Waals surface area contributed by atoms with E-state index in [1.54, 1.807) is 0 Å². The molecule has 1 aliphatic carbocycles. The van der Waals surface area contributed by atoms with Crippen LogP contribution in [0.1, 0.15) is 30.0 Å². The Morgan fingerprint density at radius 1 is 1.32 bits per heavy atom. The molecule has 2 aromatic rings. The van der Waals surface area contributed by atoms with Gasteiger partial charge in [0.15, 0.2) is 0 Å². The smallest absolute Gasteiger partial charge is 0.350 e. The van der Waals surface area contributed by atoms with Crippen molar-refractivity contribution in [2.75, 3.05) is 0 Å². The second kappa shape index (κ2) is 6.66. The van der Waals surface area contributed by atoms with Crippen molar-refractivity contribution in [1.29, 1.82) is 0 Å². The van der Waals surface area contributed by atoms with Gasteiger partial charge in [0.25, 0.3) is 0 Å². The number of amides is 1. The number of nitrogens with zero attached hydrogens (tertiary/aromatic N) is 3. The largest absolute Gasteiger partial charge is 0.416 e. The van der Waals surface area contributed by atoms with Gasteiger partial charge >= 0.3 is 11.9 Å². The van der Waals surface area contributed by atoms with Gasteiger partial charge in [0.2, 0.25) is 10.6 Å². The number of halogens is 4. The first-order valence-corrected chi connectivity index (χ1v) is 8.33. The lowest BCUT2D eigenvalue weighted by Crippen LogP contribution is -2.33. The minimum Gasteiger partial charge on any atom is -0.350 e. The summed E-state index contributed by atoms with van der Waals surface area (Å²) >= 11 is 3.18. The molecular weight excluding hydrogens is 405 g/mol. The molecule has 1 N–H and O–H groups in total. The molecule has 0 unspecified atom stereocenters. The van der Waals surface area contributed by atoms with Crippen LogP contribution in [0.4, 0.5) is 13.2 Å². The van der Waals surface area contributed by atoms with Crippen molar-refractivity contribution in [3.05, 3.63) is 50.6 Å². The molecule has 1 aromatic heterocycles. The maximum Gasteiger partial charge on any atom is 0.416 e. The molecule has 0 radical (unpaired) electrons. The molecule has 6 nitrogen and oxygen atoms in total. The monoisotopic (exact) mass is 418 g/mol. The summed E-state index contributed by atoms with van der Waals surface area (Å²) in [6, 6.07) is 5.11. The third kappa shape index (κ3) is 3.94. The molecule has 0 atom stereocenters. The van der Waals surface area contributed by atoms with Crippen LogP contribution in [0.25, 0.3) is 0 Å². The van der Waals surface area contributed by atoms with Gasteiger partial charge < -0.3 is 5.32 Å². The number of hydrogen-bond acceptors (Lipinski definition) is 3. The second-order valence-electron chi connectivity index (χ2n) is 5.74. The molecule has 1 fully saturated rings. The van der Waals surface area contributed by atoms with E-state index in [1.807, 2.05) is 0 Å². The number of carbonyl (C=O) groups is 1. The average Bonchev–Trinajstić information content (AvgIpc) is 3.32. The highest BCUT2D eigenvalue weighted by atomic mass is 79.9. The summed E-state index contributed by atoms with van der Waals surface area (Å²) in [4.78, 5) is 24.2. The highest BCUT2D eigenvalue weighted by molar-refractivity contribution is 9.10. The molecule has 134 valence electrons. The molecule has 0 spiro atoms. The fourth-order valence-electron chi connectivity index (χ4n) is 2.47. The Bertz CT molecular complexity index is 855. The minimum absolute atomic E-state index is 0.0413. The van der Waals surface area contributed by atoms with Crippen molar-refractivity contribution >= 4 is 21.8 Å². The first kappa shape index (κ1) is 17.7. The van der Waals surface area contributed by atoms with E-state index in [-0.39, 0.29) is 24.7 Å². The van der Waals surface area contributed by atoms with E-state index in [9.17, 15) is 22.8 Å². The van der Waals surface area contributed by atoms with Gasteiger partial charge in [-0.1, -0.05) is 18.2 Å². The molecule has 10 heteroatoms. The number of carbonyl (C=O) groups excluding carboxylic acids is 1. The lowest BCUT2D eigenvalue weighted by Gasteiger charge is -2.13. The number of hydrogen-bond donors (Lipinski definition) is 1. The highest BCUT2D eigenvalue weighted by Crippen LogP contribution is 2.35. The third-order valence-corrected chi connectivity index (χ3v) is 4.37. The average molecular weight is 419 g/mol. The zero-order valence-electron chi connectivity index (χ0n) is 12.9. The minimum atomic E-state index is -4.49. The molecule has 1 aliphatic rings. The number of rotatable bonds is 5. The van der Waals surface area contributed by atoms with E-state index in [0.29, 0.717) is 4.73 Å². The van der Waals surface area contributed by atoms with Crippen molar-refractivity contribution in [1.82, 2.24) is 19.7 Å². The van der Waals surface area contributed by atoms with Crippen LogP contribution in [-0.2, 0) is 24.1 Å². The maximum atomic E-state index is 12.9. The normalized spacial score (nSPS) is 14.6. The van der Waals surface area contributed by atoms with Gasteiger partial charge in [0, 0.05) is 12.6 Å². The summed E-state index contributed by atoms with van der Waals surface area (Å²) in [6.45, 7) is -0.640. The Labute approximate surface area is 148 Å². The summed E-state index contributed by atoms with van der Waals surface area (Å²) in [6.07, 6.45) is -2.73. The lowest BCUT2D eigenvalue weighted by atomic mass is 10.1. The third-order valence-electron chi connectivity index (χ3n) is 3.83. The summed E-state index contributed by atoms with van der Waals surface area (Å²) in [5.41, 5.74) is -1.26. The number of nitrogens with one attached hydrogen (secondary N) is 1. The number of aromatic nitrogens is 3. The van der Waals surface area contributed by atoms with Crippen LogP contribution in [-0.4, -0.2) is 20.3 Å². The van der Waals surface area contributed by atoms with Crippen LogP contribution in [0.3, 0.4) is 0 Å². The summed E-state index contributed by atoms with van der Waals surface area (Å²) in [5, 5.41) is 6.36. The van der Waals surface area contributed by atoms with Crippen LogP contribution in [0.15, 0.2) is 33.8 Å². The van der Waals surface area contributed by atoms with E-state index in [4.69, 9.17) is 0 Å². The lowest BCUT2D eigenvalue weighted by molar-refractivity contribution is -0.138. The van der Waals surface area contributed by atoms with Gasteiger partial charge in [-0.15, -0.1) is 5.10 Å². The fourth-order valence-corrected chi connectivity index (χ4v) is 3.11. The van der Waals surface area contributed by atoms with Crippen molar-refractivity contribution in [3.8, 4) is 0 Å². The molecule has 3 rings (SSSR count). The van der Waals surface area contributed by atoms with Crippen LogP contribution in [0, 0.1) is 0 Å². The van der Waals surface area contributed by atoms with Gasteiger partial charge in [-0.3, -0.25) is 9.36 Å². The zero-order chi connectivity index (χ0) is 18.2. The Kier molecular flexibility index (Phi) is 4.72. The van der Waals surface area contributed by atoms with Crippen LogP contribution < -0.4 is 11.0 Å². The second-order valence-corrected chi connectivity index (χ2v) is 6.45. The van der Waals surface area contributed by atoms with Gasteiger partial charge in [0.1, 0.15) is 6.54 Å². The maximum absolute atomic E-state index is 12.9. The van der Waals surface area contributed by atoms with Crippen LogP contribution in [0.2, 0.25) is 0 Å². The van der Waals surface area contributed by atoms with E-state index < -0.39 is 23.3 Å². The molecule has 0 saturated heterocycles. The SMILES string of the molecule is O=C(Cn1nc(Br)n(C2CC2)c1=O)NCc1ccccc1C(F)(F)F. The van der Waals surface area contributed by atoms with E-state index in [1.165, 1.54) is 22.8 Å². The molecule has 25 heavy (non-hydrogen) atoms.